The summed E-state index contributed by atoms with van der Waals surface area (Å²) in [5, 5.41) is 14.9. The van der Waals surface area contributed by atoms with Crippen LogP contribution < -0.4 is 19.8 Å². The van der Waals surface area contributed by atoms with Gasteiger partial charge in [0.1, 0.15) is 11.3 Å². The molecule has 1 N–H and O–H groups in total. The second-order valence-electron chi connectivity index (χ2n) is 8.65. The van der Waals surface area contributed by atoms with Crippen molar-refractivity contribution in [1.29, 1.82) is 0 Å². The molecule has 0 aliphatic heterocycles. The molecule has 204 valence electrons. The molecule has 0 fully saturated rings. The lowest BCUT2D eigenvalue weighted by Gasteiger charge is -2.16. The van der Waals surface area contributed by atoms with Crippen LogP contribution in [0.1, 0.15) is 19.4 Å². The van der Waals surface area contributed by atoms with E-state index in [1.807, 2.05) is 12.1 Å². The van der Waals surface area contributed by atoms with Crippen LogP contribution in [0.15, 0.2) is 79.4 Å². The standard InChI is InChI=1S/C29H24BrN3O7/c1-4-38-24-12-17(20(30)14-25(24)39-16(2)29(35)36)15-31-33-27(32-21-9-6-5-8-18(21)28(33)34)26-13-19-22(37-3)10-7-11-23(19)40-26/h5-16H,4H2,1-3H3,(H,35,36)/t16-/m1/s1. The SMILES string of the molecule is CCOc1cc(C=Nn2c(-c3cc4c(OC)cccc4o3)nc3ccccc3c2=O)c(Br)cc1O[C@H](C)C(=O)O. The lowest BCUT2D eigenvalue weighted by molar-refractivity contribution is -0.144. The van der Waals surface area contributed by atoms with Gasteiger partial charge in [-0.2, -0.15) is 9.78 Å². The number of aromatic nitrogens is 2. The van der Waals surface area contributed by atoms with Crippen LogP contribution in [0.4, 0.5) is 0 Å². The highest BCUT2D eigenvalue weighted by molar-refractivity contribution is 9.10. The molecule has 2 aromatic heterocycles. The Morgan fingerprint density at radius 2 is 1.93 bits per heavy atom. The topological polar surface area (TPSA) is 125 Å². The molecule has 0 spiro atoms. The van der Waals surface area contributed by atoms with E-state index in [-0.39, 0.29) is 17.1 Å². The van der Waals surface area contributed by atoms with Gasteiger partial charge in [0.15, 0.2) is 23.4 Å². The first kappa shape index (κ1) is 26.9. The van der Waals surface area contributed by atoms with E-state index in [4.69, 9.17) is 23.6 Å². The summed E-state index contributed by atoms with van der Waals surface area (Å²) < 4.78 is 24.5. The zero-order valence-corrected chi connectivity index (χ0v) is 23.3. The summed E-state index contributed by atoms with van der Waals surface area (Å²) >= 11 is 3.48. The van der Waals surface area contributed by atoms with Crippen LogP contribution in [-0.2, 0) is 4.79 Å². The molecule has 0 radical (unpaired) electrons. The Labute approximate surface area is 236 Å². The van der Waals surface area contributed by atoms with Gasteiger partial charge in [-0.1, -0.05) is 18.2 Å². The van der Waals surface area contributed by atoms with Gasteiger partial charge in [-0.15, -0.1) is 0 Å². The van der Waals surface area contributed by atoms with Crippen LogP contribution in [0.2, 0.25) is 0 Å². The molecular formula is C29H24BrN3O7. The smallest absolute Gasteiger partial charge is 0.344 e. The second kappa shape index (κ2) is 11.2. The number of para-hydroxylation sites is 1. The van der Waals surface area contributed by atoms with E-state index in [9.17, 15) is 14.7 Å². The number of carboxylic acids is 1. The van der Waals surface area contributed by atoms with Gasteiger partial charge in [-0.25, -0.2) is 9.78 Å². The van der Waals surface area contributed by atoms with Crippen molar-refractivity contribution in [1.82, 2.24) is 9.66 Å². The molecule has 3 aromatic carbocycles. The third-order valence-corrected chi connectivity index (χ3v) is 6.73. The summed E-state index contributed by atoms with van der Waals surface area (Å²) in [7, 11) is 1.57. The number of fused-ring (bicyclic) bond motifs is 2. The van der Waals surface area contributed by atoms with Crippen molar-refractivity contribution in [2.75, 3.05) is 13.7 Å². The van der Waals surface area contributed by atoms with E-state index in [0.717, 1.165) is 5.39 Å². The lowest BCUT2D eigenvalue weighted by Crippen LogP contribution is -2.23. The van der Waals surface area contributed by atoms with E-state index in [2.05, 4.69) is 21.0 Å². The Morgan fingerprint density at radius 3 is 2.67 bits per heavy atom. The number of ether oxygens (including phenoxy) is 3. The van der Waals surface area contributed by atoms with E-state index in [1.165, 1.54) is 17.8 Å². The first-order valence-corrected chi connectivity index (χ1v) is 13.1. The first-order valence-electron chi connectivity index (χ1n) is 12.3. The Kier molecular flexibility index (Phi) is 7.56. The average molecular weight is 606 g/mol. The van der Waals surface area contributed by atoms with Crippen LogP contribution in [0, 0.1) is 0 Å². The molecule has 10 nitrogen and oxygen atoms in total. The number of aliphatic carboxylic acids is 1. The van der Waals surface area contributed by atoms with Crippen molar-refractivity contribution >= 4 is 50.0 Å². The maximum absolute atomic E-state index is 13.6. The van der Waals surface area contributed by atoms with Crippen LogP contribution in [0.25, 0.3) is 33.5 Å². The summed E-state index contributed by atoms with van der Waals surface area (Å²) in [6.45, 7) is 3.55. The Bertz CT molecular complexity index is 1830. The number of hydrogen-bond donors (Lipinski definition) is 1. The van der Waals surface area contributed by atoms with E-state index >= 15 is 0 Å². The van der Waals surface area contributed by atoms with Gasteiger partial charge >= 0.3 is 5.97 Å². The number of carboxylic acid groups (broad SMARTS) is 1. The number of halogens is 1. The molecule has 2 heterocycles. The van der Waals surface area contributed by atoms with Crippen molar-refractivity contribution in [2.24, 2.45) is 5.10 Å². The van der Waals surface area contributed by atoms with Gasteiger partial charge < -0.3 is 23.7 Å². The van der Waals surface area contributed by atoms with Gasteiger partial charge in [-0.05, 0) is 72.2 Å². The fourth-order valence-corrected chi connectivity index (χ4v) is 4.51. The van der Waals surface area contributed by atoms with Gasteiger partial charge in [0.05, 0.1) is 36.2 Å². The second-order valence-corrected chi connectivity index (χ2v) is 9.50. The normalized spacial score (nSPS) is 12.2. The molecule has 11 heteroatoms. The fraction of sp³-hybridized carbons (Fsp3) is 0.172. The minimum Gasteiger partial charge on any atom is -0.496 e. The van der Waals surface area contributed by atoms with Crippen molar-refractivity contribution in [3.63, 3.8) is 0 Å². The van der Waals surface area contributed by atoms with Crippen molar-refractivity contribution < 1.29 is 28.5 Å². The Morgan fingerprint density at radius 1 is 1.12 bits per heavy atom. The third kappa shape index (κ3) is 5.15. The molecule has 0 saturated heterocycles. The van der Waals surface area contributed by atoms with Crippen LogP contribution in [0.3, 0.4) is 0 Å². The molecule has 0 aliphatic carbocycles. The van der Waals surface area contributed by atoms with Crippen LogP contribution in [0.5, 0.6) is 17.2 Å². The maximum atomic E-state index is 13.6. The predicted octanol–water partition coefficient (Wildman–Crippen LogP) is 5.71. The summed E-state index contributed by atoms with van der Waals surface area (Å²) in [4.78, 5) is 29.6. The van der Waals surface area contributed by atoms with Gasteiger partial charge in [-0.3, -0.25) is 4.79 Å². The molecule has 0 saturated carbocycles. The molecule has 0 amide bonds. The minimum absolute atomic E-state index is 0.203. The third-order valence-electron chi connectivity index (χ3n) is 6.04. The van der Waals surface area contributed by atoms with Gasteiger partial charge in [0.25, 0.3) is 5.56 Å². The molecule has 5 aromatic rings. The number of nitrogens with zero attached hydrogens (tertiary/aromatic N) is 3. The van der Waals surface area contributed by atoms with Crippen molar-refractivity contribution in [3.8, 4) is 28.8 Å². The van der Waals surface area contributed by atoms with E-state index in [0.29, 0.717) is 50.4 Å². The first-order chi connectivity index (χ1) is 19.3. The molecule has 0 aliphatic rings. The largest absolute Gasteiger partial charge is 0.496 e. The molecule has 5 rings (SSSR count). The lowest BCUT2D eigenvalue weighted by atomic mass is 10.2. The quantitative estimate of drug-likeness (QED) is 0.212. The van der Waals surface area contributed by atoms with Gasteiger partial charge in [0.2, 0.25) is 5.82 Å². The minimum atomic E-state index is -1.11. The number of methoxy groups -OCH3 is 1. The highest BCUT2D eigenvalue weighted by Gasteiger charge is 2.20. The summed E-state index contributed by atoms with van der Waals surface area (Å²) in [6.07, 6.45) is 0.388. The number of carbonyl (C=O) groups is 1. The number of benzene rings is 3. The van der Waals surface area contributed by atoms with E-state index < -0.39 is 12.1 Å². The summed E-state index contributed by atoms with van der Waals surface area (Å²) in [6, 6.07) is 17.4. The zero-order valence-electron chi connectivity index (χ0n) is 21.8. The average Bonchev–Trinajstić information content (AvgIpc) is 3.39. The van der Waals surface area contributed by atoms with Crippen LogP contribution in [-0.4, -0.2) is 46.8 Å². The molecule has 40 heavy (non-hydrogen) atoms. The fourth-order valence-electron chi connectivity index (χ4n) is 4.08. The Balaban J connectivity index is 1.65. The molecule has 1 atom stereocenters. The van der Waals surface area contributed by atoms with Crippen molar-refractivity contribution in [3.05, 3.63) is 81.1 Å². The Hall–Kier alpha value is -4.64. The number of furan rings is 1. The number of hydrogen-bond acceptors (Lipinski definition) is 8. The van der Waals surface area contributed by atoms with E-state index in [1.54, 1.807) is 62.6 Å². The molecule has 0 unspecified atom stereocenters. The van der Waals surface area contributed by atoms with Crippen LogP contribution >= 0.6 is 15.9 Å². The number of rotatable bonds is 9. The maximum Gasteiger partial charge on any atom is 0.344 e. The molecule has 0 bridgehead atoms. The zero-order chi connectivity index (χ0) is 28.4. The van der Waals surface area contributed by atoms with Crippen molar-refractivity contribution in [2.45, 2.75) is 20.0 Å². The molecular weight excluding hydrogens is 582 g/mol. The summed E-state index contributed by atoms with van der Waals surface area (Å²) in [5.41, 5.74) is 1.23. The highest BCUT2D eigenvalue weighted by atomic mass is 79.9. The summed E-state index contributed by atoms with van der Waals surface area (Å²) in [5.74, 6) is 0.631. The highest BCUT2D eigenvalue weighted by Crippen LogP contribution is 2.35. The van der Waals surface area contributed by atoms with Gasteiger partial charge in [0, 0.05) is 10.0 Å². The monoisotopic (exact) mass is 605 g/mol. The predicted molar refractivity (Wildman–Crippen MR) is 154 cm³/mol.